The quantitative estimate of drug-likeness (QED) is 0.108. The fraction of sp³-hybridized carbons (Fsp3) is 0.0833. The number of hydrogen-bond acceptors (Lipinski definition) is 2. The minimum Gasteiger partial charge on any atom is -0.309 e. The van der Waals surface area contributed by atoms with Crippen molar-refractivity contribution in [3.8, 4) is 135 Å². The predicted octanol–water partition coefficient (Wildman–Crippen LogP) is 34.7. The van der Waals surface area contributed by atoms with E-state index in [2.05, 4.69) is 36.4 Å². The molecule has 22 aromatic rings. The van der Waals surface area contributed by atoms with Crippen LogP contribution in [0.15, 0.2) is 352 Å². The number of para-hydroxylation sites is 2. The van der Waals surface area contributed by atoms with Crippen LogP contribution in [0.5, 0.6) is 0 Å². The maximum absolute atomic E-state index is 16.2. The van der Waals surface area contributed by atoms with Crippen LogP contribution in [-0.4, -0.2) is 18.3 Å². The number of hydrogen-bond donors (Lipinski definition) is 0. The average molecular weight is 1830 g/mol. The molecule has 0 radical (unpaired) electrons. The largest absolute Gasteiger partial charge is 0.417 e. The topological polar surface area (TPSA) is 67.3 Å². The van der Waals surface area contributed by atoms with Crippen LogP contribution in [0.2, 0.25) is 0 Å². The summed E-state index contributed by atoms with van der Waals surface area (Å²) in [5.74, 6) is 0. The number of rotatable bonds is 13. The summed E-state index contributed by atoms with van der Waals surface area (Å²) in [4.78, 5) is 0. The van der Waals surface area contributed by atoms with Crippen LogP contribution in [0.4, 0.5) is 52.7 Å². The monoisotopic (exact) mass is 1830 g/mol. The highest BCUT2D eigenvalue weighted by molar-refractivity contribution is 6.16. The lowest BCUT2D eigenvalue weighted by Crippen LogP contribution is -2.13. The van der Waals surface area contributed by atoms with E-state index in [-0.39, 0.29) is 57.1 Å². The van der Waals surface area contributed by atoms with Crippen molar-refractivity contribution < 1.29 is 52.7 Å². The van der Waals surface area contributed by atoms with Gasteiger partial charge in [-0.15, -0.1) is 0 Å². The Morgan fingerprint density at radius 2 is 0.471 bits per heavy atom. The lowest BCUT2D eigenvalue weighted by Gasteiger charge is -2.22. The van der Waals surface area contributed by atoms with Crippen LogP contribution in [0, 0.1) is 64.2 Å². The molecule has 0 aliphatic carbocycles. The van der Waals surface area contributed by atoms with E-state index in [9.17, 15) is 36.9 Å². The molecule has 4 aromatic heterocycles. The van der Waals surface area contributed by atoms with E-state index in [1.165, 1.54) is 18.2 Å². The summed E-state index contributed by atoms with van der Waals surface area (Å²) in [5.41, 5.74) is 15.6. The highest BCUT2D eigenvalue weighted by Crippen LogP contribution is 2.53. The molecule has 18 heteroatoms. The van der Waals surface area contributed by atoms with Gasteiger partial charge in [-0.3, -0.25) is 0 Å². The zero-order valence-electron chi connectivity index (χ0n) is 74.7. The van der Waals surface area contributed by atoms with Gasteiger partial charge in [0.05, 0.1) is 100 Å². The van der Waals surface area contributed by atoms with Gasteiger partial charge in [0.1, 0.15) is 12.1 Å². The van der Waals surface area contributed by atoms with Crippen molar-refractivity contribution in [1.82, 2.24) is 18.3 Å². The van der Waals surface area contributed by atoms with Crippen LogP contribution in [0.3, 0.4) is 0 Å². The van der Waals surface area contributed by atoms with Crippen molar-refractivity contribution in [3.05, 3.63) is 419 Å². The number of alkyl halides is 12. The molecule has 0 saturated heterocycles. The molecular formula is C120H76F12N6. The summed E-state index contributed by atoms with van der Waals surface area (Å²) in [6, 6.07) is 108. The first-order chi connectivity index (χ1) is 66.3. The van der Waals surface area contributed by atoms with E-state index < -0.39 is 58.1 Å². The van der Waals surface area contributed by atoms with Crippen molar-refractivity contribution >= 4 is 87.2 Å². The van der Waals surface area contributed by atoms with Crippen molar-refractivity contribution in [2.75, 3.05) is 0 Å². The van der Waals surface area contributed by atoms with Crippen molar-refractivity contribution in [1.29, 1.82) is 10.5 Å². The van der Waals surface area contributed by atoms with Gasteiger partial charge in [0, 0.05) is 54.2 Å². The number of benzene rings is 18. The van der Waals surface area contributed by atoms with Gasteiger partial charge >= 0.3 is 24.7 Å². The minimum atomic E-state index is -5.33. The molecule has 0 saturated carbocycles. The van der Waals surface area contributed by atoms with Crippen molar-refractivity contribution in [2.24, 2.45) is 0 Å². The van der Waals surface area contributed by atoms with Crippen molar-refractivity contribution in [2.45, 2.75) is 66.2 Å². The van der Waals surface area contributed by atoms with Crippen LogP contribution in [0.25, 0.3) is 210 Å². The molecule has 670 valence electrons. The number of nitriles is 2. The third-order valence-electron chi connectivity index (χ3n) is 27.4. The lowest BCUT2D eigenvalue weighted by molar-refractivity contribution is -0.144. The molecule has 0 bridgehead atoms. The Kier molecular flexibility index (Phi) is 20.5. The standard InChI is InChI=1S/C120H76F12N6/c1-67-19-7-11-23-85(67)75-36-47-107-97(53-75)100-56-78(39-50-108(100)135(107)111-63-101(90-45-40-83(117(121,122)123)61-103(90)119(127,128)129)115(59-81(111)65-133)136-109-48-37-76(86-24-12-8-20-68(86)2)54-98(109)99-55-77(38-49-110(99)136)87-25-13-9-21-69(87)3)96-52-74(32-31-71(96)5)73-33-42-89(72(6)51-73)80-35-44-94-92-27-15-17-29-105(92)137(113(94)58-80)112-64-102(91-46-41-84(118(124,125)126)62-104(91)120(130,131)132)116(60-82(112)66-134)138-106-30-18-16-28-93(106)95-43-34-79(57-114(95)138)88-26-14-10-22-70(88)4/h7-64H,1-6H3. The molecule has 0 aliphatic heterocycles. The van der Waals surface area contributed by atoms with Gasteiger partial charge in [-0.05, 0) is 291 Å². The molecule has 6 nitrogen and oxygen atoms in total. The highest BCUT2D eigenvalue weighted by atomic mass is 19.4. The second-order valence-electron chi connectivity index (χ2n) is 35.6. The Hall–Kier alpha value is -16.7. The Bertz CT molecular complexity index is 8910. The summed E-state index contributed by atoms with van der Waals surface area (Å²) in [6.07, 6.45) is -20.9. The predicted molar refractivity (Wildman–Crippen MR) is 531 cm³/mol. The number of aryl methyl sites for hydroxylation is 6. The third-order valence-corrected chi connectivity index (χ3v) is 27.4. The summed E-state index contributed by atoms with van der Waals surface area (Å²) < 4.78 is 193. The molecule has 22 rings (SSSR count). The van der Waals surface area contributed by atoms with Gasteiger partial charge in [-0.25, -0.2) is 0 Å². The SMILES string of the molecule is Cc1ccccc1-c1ccc2c(c1)c1cc(-c3cc(-c4ccc(-c5ccc6c7ccccc7n(-c7cc(-c8ccc(C(F)(F)F)cc8C(F)(F)F)c(-n8c9ccccc9c9ccc(-c%10ccccc%10C)cc98)cc7C#N)c6c5)c(C)c4)ccc3C)ccc1n2-c1cc(-c2ccc(C(F)(F)F)cc2C(F)(F)F)c(-n2c3ccc(-c4ccccc4C)cc3c3cc(-c4ccccc4C)ccc32)cc1C#N. The normalized spacial score (nSPS) is 12.3. The van der Waals surface area contributed by atoms with E-state index in [4.69, 9.17) is 0 Å². The number of fused-ring (bicyclic) bond motifs is 12. The minimum absolute atomic E-state index is 0.0432. The van der Waals surface area contributed by atoms with E-state index in [1.54, 1.807) is 16.7 Å². The second kappa shape index (κ2) is 32.6. The van der Waals surface area contributed by atoms with Gasteiger partial charge in [-0.1, -0.05) is 224 Å². The molecule has 0 N–H and O–H groups in total. The third kappa shape index (κ3) is 14.5. The molecule has 0 aliphatic rings. The second-order valence-corrected chi connectivity index (χ2v) is 35.6. The maximum atomic E-state index is 16.2. The Labute approximate surface area is 783 Å². The first-order valence-electron chi connectivity index (χ1n) is 44.8. The lowest BCUT2D eigenvalue weighted by atomic mass is 9.91. The molecule has 0 atom stereocenters. The van der Waals surface area contributed by atoms with Crippen LogP contribution >= 0.6 is 0 Å². The highest BCUT2D eigenvalue weighted by Gasteiger charge is 2.42. The average Bonchev–Trinajstić information content (AvgIpc) is 1.57. The molecule has 0 spiro atoms. The maximum Gasteiger partial charge on any atom is 0.417 e. The number of halogens is 12. The first-order valence-corrected chi connectivity index (χ1v) is 44.8. The van der Waals surface area contributed by atoms with E-state index >= 15 is 26.3 Å². The summed E-state index contributed by atoms with van der Waals surface area (Å²) >= 11 is 0. The smallest absolute Gasteiger partial charge is 0.309 e. The van der Waals surface area contributed by atoms with Gasteiger partial charge in [-0.2, -0.15) is 63.2 Å². The van der Waals surface area contributed by atoms with Crippen LogP contribution in [-0.2, 0) is 24.7 Å². The molecule has 0 unspecified atom stereocenters. The van der Waals surface area contributed by atoms with Gasteiger partial charge in [0.2, 0.25) is 0 Å². The molecule has 18 aromatic carbocycles. The molecule has 138 heavy (non-hydrogen) atoms. The van der Waals surface area contributed by atoms with E-state index in [0.717, 1.165) is 161 Å². The molecule has 4 heterocycles. The zero-order valence-corrected chi connectivity index (χ0v) is 74.7. The number of nitrogens with zero attached hydrogens (tertiary/aromatic N) is 6. The number of aromatic nitrogens is 4. The van der Waals surface area contributed by atoms with E-state index in [1.807, 2.05) is 316 Å². The first kappa shape index (κ1) is 86.7. The Morgan fingerprint density at radius 1 is 0.188 bits per heavy atom. The van der Waals surface area contributed by atoms with Gasteiger partial charge in [0.25, 0.3) is 0 Å². The van der Waals surface area contributed by atoms with Gasteiger partial charge < -0.3 is 18.3 Å². The van der Waals surface area contributed by atoms with Crippen LogP contribution < -0.4 is 0 Å². The Balaban J connectivity index is 0.692. The Morgan fingerprint density at radius 3 is 0.841 bits per heavy atom. The fourth-order valence-corrected chi connectivity index (χ4v) is 20.8. The molecule has 0 fully saturated rings. The summed E-state index contributed by atoms with van der Waals surface area (Å²) in [5, 5.41) is 29.4. The summed E-state index contributed by atoms with van der Waals surface area (Å²) in [6.45, 7) is 12.0. The zero-order chi connectivity index (χ0) is 95.6. The van der Waals surface area contributed by atoms with Crippen LogP contribution in [0.1, 0.15) is 66.8 Å². The van der Waals surface area contributed by atoms with E-state index in [0.29, 0.717) is 61.7 Å². The van der Waals surface area contributed by atoms with Crippen molar-refractivity contribution in [3.63, 3.8) is 0 Å². The van der Waals surface area contributed by atoms with Gasteiger partial charge in [0.15, 0.2) is 0 Å². The summed E-state index contributed by atoms with van der Waals surface area (Å²) in [7, 11) is 0. The molecular weight excluding hydrogens is 1750 g/mol. The fourth-order valence-electron chi connectivity index (χ4n) is 20.8. The molecule has 0 amide bonds.